The molecule has 1 aromatic heterocycles. The van der Waals surface area contributed by atoms with Gasteiger partial charge in [-0.3, -0.25) is 0 Å². The molecule has 1 heterocycles. The van der Waals surface area contributed by atoms with Gasteiger partial charge in [-0.15, -0.1) is 0 Å². The normalized spacial score (nSPS) is 16.1. The zero-order valence-electron chi connectivity index (χ0n) is 13.2. The second-order valence-corrected chi connectivity index (χ2v) is 5.58. The maximum absolute atomic E-state index is 5.27. The van der Waals surface area contributed by atoms with E-state index in [1.807, 2.05) is 14.0 Å². The van der Waals surface area contributed by atoms with E-state index < -0.39 is 0 Å². The fourth-order valence-electron chi connectivity index (χ4n) is 2.66. The first kappa shape index (κ1) is 15.0. The van der Waals surface area contributed by atoms with Crippen molar-refractivity contribution in [2.75, 3.05) is 37.5 Å². The number of nitrogens with zero attached hydrogens (tertiary/aromatic N) is 3. The Balaban J connectivity index is 2.33. The topological polar surface area (TPSA) is 50.3 Å². The van der Waals surface area contributed by atoms with E-state index in [-0.39, 0.29) is 0 Å². The summed E-state index contributed by atoms with van der Waals surface area (Å²) < 4.78 is 5.27. The molecular formula is C15H26N4O. The van der Waals surface area contributed by atoms with Gasteiger partial charge in [-0.1, -0.05) is 0 Å². The predicted molar refractivity (Wildman–Crippen MR) is 82.5 cm³/mol. The molecule has 1 N–H and O–H groups in total. The maximum Gasteiger partial charge on any atom is 0.137 e. The zero-order chi connectivity index (χ0) is 14.7. The van der Waals surface area contributed by atoms with Gasteiger partial charge in [0.2, 0.25) is 0 Å². The van der Waals surface area contributed by atoms with Crippen LogP contribution in [-0.2, 0) is 4.74 Å². The Kier molecular flexibility index (Phi) is 4.81. The Labute approximate surface area is 121 Å². The molecule has 1 unspecified atom stereocenters. The lowest BCUT2D eigenvalue weighted by Gasteiger charge is -2.32. The molecule has 0 bridgehead atoms. The minimum Gasteiger partial charge on any atom is -0.383 e. The summed E-state index contributed by atoms with van der Waals surface area (Å²) in [5, 5.41) is 3.16. The molecule has 1 saturated carbocycles. The van der Waals surface area contributed by atoms with Crippen LogP contribution in [0.25, 0.3) is 0 Å². The van der Waals surface area contributed by atoms with Gasteiger partial charge in [0, 0.05) is 32.3 Å². The summed E-state index contributed by atoms with van der Waals surface area (Å²) in [6.07, 6.45) is 2.65. The fourth-order valence-corrected chi connectivity index (χ4v) is 2.66. The largest absolute Gasteiger partial charge is 0.383 e. The van der Waals surface area contributed by atoms with Crippen molar-refractivity contribution in [3.05, 3.63) is 11.4 Å². The summed E-state index contributed by atoms with van der Waals surface area (Å²) in [6, 6.07) is 0.503. The number of anilines is 2. The van der Waals surface area contributed by atoms with Gasteiger partial charge < -0.3 is 15.0 Å². The van der Waals surface area contributed by atoms with Crippen molar-refractivity contribution in [2.24, 2.45) is 5.92 Å². The van der Waals surface area contributed by atoms with E-state index in [0.717, 1.165) is 35.5 Å². The van der Waals surface area contributed by atoms with E-state index in [0.29, 0.717) is 12.6 Å². The second-order valence-electron chi connectivity index (χ2n) is 5.58. The van der Waals surface area contributed by atoms with Crippen molar-refractivity contribution in [3.8, 4) is 0 Å². The first-order chi connectivity index (χ1) is 9.58. The highest BCUT2D eigenvalue weighted by molar-refractivity contribution is 5.59. The molecule has 0 saturated heterocycles. The highest BCUT2D eigenvalue weighted by Gasteiger charge is 2.33. The third-order valence-corrected chi connectivity index (χ3v) is 4.07. The molecule has 5 nitrogen and oxygen atoms in total. The summed E-state index contributed by atoms with van der Waals surface area (Å²) in [6.45, 7) is 7.91. The smallest absolute Gasteiger partial charge is 0.137 e. The number of rotatable bonds is 7. The van der Waals surface area contributed by atoms with Gasteiger partial charge in [-0.05, 0) is 39.5 Å². The lowest BCUT2D eigenvalue weighted by Crippen LogP contribution is -2.38. The molecule has 0 radical (unpaired) electrons. The summed E-state index contributed by atoms with van der Waals surface area (Å²) >= 11 is 0. The van der Waals surface area contributed by atoms with Crippen molar-refractivity contribution in [2.45, 2.75) is 39.7 Å². The number of methoxy groups -OCH3 is 1. The first-order valence-electron chi connectivity index (χ1n) is 7.37. The van der Waals surface area contributed by atoms with Crippen molar-refractivity contribution in [1.82, 2.24) is 9.97 Å². The number of ether oxygens (including phenoxy) is 1. The van der Waals surface area contributed by atoms with E-state index in [2.05, 4.69) is 34.0 Å². The number of aryl methyl sites for hydroxylation is 1. The standard InChI is InChI=1S/C15H26N4O/c1-10-14(16-4)17-12(3)18-15(10)19(8-9-20-5)11(2)13-6-7-13/h11,13H,6-9H2,1-5H3,(H,16,17,18). The van der Waals surface area contributed by atoms with Crippen LogP contribution in [0, 0.1) is 19.8 Å². The van der Waals surface area contributed by atoms with E-state index in [9.17, 15) is 0 Å². The Morgan fingerprint density at radius 3 is 2.60 bits per heavy atom. The van der Waals surface area contributed by atoms with Gasteiger partial charge in [0.1, 0.15) is 17.5 Å². The highest BCUT2D eigenvalue weighted by Crippen LogP contribution is 2.37. The number of hydrogen-bond acceptors (Lipinski definition) is 5. The molecule has 0 spiro atoms. The van der Waals surface area contributed by atoms with Crippen molar-refractivity contribution < 1.29 is 4.74 Å². The molecule has 0 aliphatic heterocycles. The SMILES string of the molecule is CNc1nc(C)nc(N(CCOC)C(C)C2CC2)c1C. The van der Waals surface area contributed by atoms with Crippen LogP contribution in [0.5, 0.6) is 0 Å². The minimum atomic E-state index is 0.503. The Hall–Kier alpha value is -1.36. The van der Waals surface area contributed by atoms with Crippen LogP contribution >= 0.6 is 0 Å². The second kappa shape index (κ2) is 6.39. The van der Waals surface area contributed by atoms with E-state index in [1.165, 1.54) is 12.8 Å². The van der Waals surface area contributed by atoms with Gasteiger partial charge in [0.25, 0.3) is 0 Å². The minimum absolute atomic E-state index is 0.503. The molecule has 20 heavy (non-hydrogen) atoms. The van der Waals surface area contributed by atoms with Crippen molar-refractivity contribution in [1.29, 1.82) is 0 Å². The van der Waals surface area contributed by atoms with E-state index in [1.54, 1.807) is 7.11 Å². The van der Waals surface area contributed by atoms with Crippen LogP contribution in [0.3, 0.4) is 0 Å². The van der Waals surface area contributed by atoms with Gasteiger partial charge in [-0.25, -0.2) is 9.97 Å². The molecule has 1 aliphatic carbocycles. The van der Waals surface area contributed by atoms with E-state index >= 15 is 0 Å². The molecule has 0 amide bonds. The predicted octanol–water partition coefficient (Wildman–Crippen LogP) is 2.39. The number of nitrogens with one attached hydrogen (secondary N) is 1. The molecule has 5 heteroatoms. The average Bonchev–Trinajstić information content (AvgIpc) is 3.26. The quantitative estimate of drug-likeness (QED) is 0.830. The molecule has 2 rings (SSSR count). The molecule has 112 valence electrons. The third kappa shape index (κ3) is 3.20. The van der Waals surface area contributed by atoms with Crippen LogP contribution in [0.4, 0.5) is 11.6 Å². The molecule has 1 fully saturated rings. The zero-order valence-corrected chi connectivity index (χ0v) is 13.2. The summed E-state index contributed by atoms with van der Waals surface area (Å²) in [5.74, 6) is 3.55. The number of aromatic nitrogens is 2. The Morgan fingerprint density at radius 2 is 2.05 bits per heavy atom. The molecule has 1 atom stereocenters. The van der Waals surface area contributed by atoms with Gasteiger partial charge in [-0.2, -0.15) is 0 Å². The summed E-state index contributed by atoms with van der Waals surface area (Å²) in [4.78, 5) is 11.5. The van der Waals surface area contributed by atoms with Crippen LogP contribution in [0.2, 0.25) is 0 Å². The van der Waals surface area contributed by atoms with E-state index in [4.69, 9.17) is 4.74 Å². The van der Waals surface area contributed by atoms with Gasteiger partial charge >= 0.3 is 0 Å². The third-order valence-electron chi connectivity index (χ3n) is 4.07. The lowest BCUT2D eigenvalue weighted by molar-refractivity contribution is 0.202. The Morgan fingerprint density at radius 1 is 1.35 bits per heavy atom. The monoisotopic (exact) mass is 278 g/mol. The van der Waals surface area contributed by atoms with Gasteiger partial charge in [0.05, 0.1) is 6.61 Å². The maximum atomic E-state index is 5.27. The van der Waals surface area contributed by atoms with Crippen LogP contribution in [-0.4, -0.2) is 43.3 Å². The lowest BCUT2D eigenvalue weighted by atomic mass is 10.1. The van der Waals surface area contributed by atoms with Gasteiger partial charge in [0.15, 0.2) is 0 Å². The Bertz CT molecular complexity index is 459. The van der Waals surface area contributed by atoms with Crippen LogP contribution in [0.1, 0.15) is 31.2 Å². The fraction of sp³-hybridized carbons (Fsp3) is 0.733. The first-order valence-corrected chi connectivity index (χ1v) is 7.37. The molecular weight excluding hydrogens is 252 g/mol. The van der Waals surface area contributed by atoms with Crippen LogP contribution < -0.4 is 10.2 Å². The number of hydrogen-bond donors (Lipinski definition) is 1. The molecule has 1 aromatic rings. The summed E-state index contributed by atoms with van der Waals surface area (Å²) in [5.41, 5.74) is 1.11. The van der Waals surface area contributed by atoms with Crippen molar-refractivity contribution in [3.63, 3.8) is 0 Å². The van der Waals surface area contributed by atoms with Crippen LogP contribution in [0.15, 0.2) is 0 Å². The highest BCUT2D eigenvalue weighted by atomic mass is 16.5. The molecule has 1 aliphatic rings. The summed E-state index contributed by atoms with van der Waals surface area (Å²) in [7, 11) is 3.65. The molecule has 0 aromatic carbocycles. The average molecular weight is 278 g/mol. The van der Waals surface area contributed by atoms with Crippen molar-refractivity contribution >= 4 is 11.6 Å².